The third-order valence-corrected chi connectivity index (χ3v) is 4.24. The molecule has 0 saturated heterocycles. The molecule has 0 amide bonds. The first-order chi connectivity index (χ1) is 10.3. The molecule has 21 heavy (non-hydrogen) atoms. The summed E-state index contributed by atoms with van der Waals surface area (Å²) in [5.41, 5.74) is 20.4. The summed E-state index contributed by atoms with van der Waals surface area (Å²) in [6.45, 7) is 0. The first-order valence-electron chi connectivity index (χ1n) is 7.10. The van der Waals surface area contributed by atoms with Gasteiger partial charge in [-0.05, 0) is 33.9 Å². The fourth-order valence-corrected chi connectivity index (χ4v) is 3.27. The van der Waals surface area contributed by atoms with Crippen molar-refractivity contribution in [2.45, 2.75) is 6.04 Å². The molecule has 3 aromatic carbocycles. The zero-order valence-corrected chi connectivity index (χ0v) is 11.6. The maximum atomic E-state index is 6.43. The molecule has 2 heteroatoms. The Morgan fingerprint density at radius 2 is 1.43 bits per heavy atom. The van der Waals surface area contributed by atoms with Crippen LogP contribution in [0.25, 0.3) is 22.3 Å². The molecule has 0 saturated carbocycles. The molecule has 102 valence electrons. The average molecular weight is 272 g/mol. The van der Waals surface area contributed by atoms with E-state index in [2.05, 4.69) is 48.5 Å². The number of fused-ring (bicyclic) bond motifs is 3. The second kappa shape index (κ2) is 4.47. The van der Waals surface area contributed by atoms with Crippen molar-refractivity contribution in [1.29, 1.82) is 0 Å². The van der Waals surface area contributed by atoms with Gasteiger partial charge in [0.1, 0.15) is 0 Å². The lowest BCUT2D eigenvalue weighted by Crippen LogP contribution is -2.10. The van der Waals surface area contributed by atoms with E-state index >= 15 is 0 Å². The van der Waals surface area contributed by atoms with Crippen LogP contribution in [-0.4, -0.2) is 0 Å². The van der Waals surface area contributed by atoms with Crippen molar-refractivity contribution in [2.75, 3.05) is 5.73 Å². The fraction of sp³-hybridized carbons (Fsp3) is 0.0526. The highest BCUT2D eigenvalue weighted by molar-refractivity contribution is 5.94. The summed E-state index contributed by atoms with van der Waals surface area (Å²) in [4.78, 5) is 0. The van der Waals surface area contributed by atoms with Crippen molar-refractivity contribution in [1.82, 2.24) is 0 Å². The number of nitrogens with two attached hydrogens (primary N) is 2. The van der Waals surface area contributed by atoms with Crippen LogP contribution in [0.15, 0.2) is 66.7 Å². The van der Waals surface area contributed by atoms with Gasteiger partial charge in [0.15, 0.2) is 0 Å². The Labute approximate surface area is 124 Å². The van der Waals surface area contributed by atoms with Gasteiger partial charge >= 0.3 is 0 Å². The SMILES string of the molecule is Nc1ccc(-c2ccccc2)c2c1C(N)c1ccccc1-2. The minimum absolute atomic E-state index is 0.139. The van der Waals surface area contributed by atoms with Crippen molar-refractivity contribution in [3.63, 3.8) is 0 Å². The Morgan fingerprint density at radius 3 is 2.24 bits per heavy atom. The minimum Gasteiger partial charge on any atom is -0.398 e. The van der Waals surface area contributed by atoms with E-state index in [0.717, 1.165) is 16.8 Å². The molecular weight excluding hydrogens is 256 g/mol. The van der Waals surface area contributed by atoms with Crippen molar-refractivity contribution < 1.29 is 0 Å². The molecule has 0 bridgehead atoms. The number of nitrogen functional groups attached to an aromatic ring is 1. The molecule has 1 unspecified atom stereocenters. The summed E-state index contributed by atoms with van der Waals surface area (Å²) in [6.07, 6.45) is 0. The quantitative estimate of drug-likeness (QED) is 0.659. The van der Waals surface area contributed by atoms with E-state index in [1.807, 2.05) is 18.2 Å². The Balaban J connectivity index is 2.08. The predicted octanol–water partition coefficient (Wildman–Crippen LogP) is 3.96. The predicted molar refractivity (Wildman–Crippen MR) is 87.8 cm³/mol. The Morgan fingerprint density at radius 1 is 0.714 bits per heavy atom. The van der Waals surface area contributed by atoms with Crippen LogP contribution in [0.2, 0.25) is 0 Å². The highest BCUT2D eigenvalue weighted by Gasteiger charge is 2.29. The number of rotatable bonds is 1. The van der Waals surface area contributed by atoms with E-state index in [9.17, 15) is 0 Å². The summed E-state index contributed by atoms with van der Waals surface area (Å²) in [6, 6.07) is 22.6. The van der Waals surface area contributed by atoms with E-state index in [0.29, 0.717) is 0 Å². The Kier molecular flexibility index (Phi) is 2.59. The van der Waals surface area contributed by atoms with E-state index in [1.165, 1.54) is 22.3 Å². The average Bonchev–Trinajstić information content (AvgIpc) is 2.84. The van der Waals surface area contributed by atoms with Crippen molar-refractivity contribution >= 4 is 5.69 Å². The molecule has 4 rings (SSSR count). The van der Waals surface area contributed by atoms with Crippen LogP contribution < -0.4 is 11.5 Å². The molecule has 1 aliphatic rings. The molecule has 0 aromatic heterocycles. The fourth-order valence-electron chi connectivity index (χ4n) is 3.27. The first kappa shape index (κ1) is 12.2. The lowest BCUT2D eigenvalue weighted by molar-refractivity contribution is 0.904. The number of hydrogen-bond acceptors (Lipinski definition) is 2. The maximum Gasteiger partial charge on any atom is 0.0584 e. The van der Waals surface area contributed by atoms with Gasteiger partial charge in [-0.25, -0.2) is 0 Å². The van der Waals surface area contributed by atoms with Crippen LogP contribution in [0.3, 0.4) is 0 Å². The van der Waals surface area contributed by atoms with E-state index < -0.39 is 0 Å². The molecule has 0 spiro atoms. The van der Waals surface area contributed by atoms with Gasteiger partial charge in [-0.1, -0.05) is 60.7 Å². The second-order valence-electron chi connectivity index (χ2n) is 5.42. The van der Waals surface area contributed by atoms with Crippen LogP contribution in [-0.2, 0) is 0 Å². The van der Waals surface area contributed by atoms with Gasteiger partial charge in [0.25, 0.3) is 0 Å². The molecule has 2 nitrogen and oxygen atoms in total. The molecule has 0 aliphatic heterocycles. The highest BCUT2D eigenvalue weighted by Crippen LogP contribution is 2.49. The Bertz CT molecular complexity index is 822. The Hall–Kier alpha value is -2.58. The molecule has 0 heterocycles. The van der Waals surface area contributed by atoms with Crippen molar-refractivity contribution in [3.8, 4) is 22.3 Å². The minimum atomic E-state index is -0.139. The van der Waals surface area contributed by atoms with Gasteiger partial charge in [-0.2, -0.15) is 0 Å². The smallest absolute Gasteiger partial charge is 0.0584 e. The molecule has 1 atom stereocenters. The molecule has 3 aromatic rings. The van der Waals surface area contributed by atoms with E-state index in [1.54, 1.807) is 0 Å². The second-order valence-corrected chi connectivity index (χ2v) is 5.42. The van der Waals surface area contributed by atoms with E-state index in [4.69, 9.17) is 11.5 Å². The van der Waals surface area contributed by atoms with Gasteiger partial charge in [0, 0.05) is 11.3 Å². The number of benzene rings is 3. The maximum absolute atomic E-state index is 6.43. The summed E-state index contributed by atoms with van der Waals surface area (Å²) < 4.78 is 0. The lowest BCUT2D eigenvalue weighted by atomic mass is 9.93. The summed E-state index contributed by atoms with van der Waals surface area (Å²) in [5, 5.41) is 0. The normalized spacial score (nSPS) is 15.6. The van der Waals surface area contributed by atoms with Crippen molar-refractivity contribution in [2.24, 2.45) is 5.73 Å². The van der Waals surface area contributed by atoms with Crippen molar-refractivity contribution in [3.05, 3.63) is 77.9 Å². The monoisotopic (exact) mass is 272 g/mol. The summed E-state index contributed by atoms with van der Waals surface area (Å²) in [7, 11) is 0. The summed E-state index contributed by atoms with van der Waals surface area (Å²) >= 11 is 0. The largest absolute Gasteiger partial charge is 0.398 e. The molecular formula is C19H16N2. The van der Waals surface area contributed by atoms with Crippen LogP contribution in [0.5, 0.6) is 0 Å². The summed E-state index contributed by atoms with van der Waals surface area (Å²) in [5.74, 6) is 0. The first-order valence-corrected chi connectivity index (χ1v) is 7.10. The van der Waals surface area contributed by atoms with Crippen LogP contribution in [0.4, 0.5) is 5.69 Å². The third kappa shape index (κ3) is 1.70. The van der Waals surface area contributed by atoms with Crippen LogP contribution >= 0.6 is 0 Å². The highest BCUT2D eigenvalue weighted by atomic mass is 14.7. The third-order valence-electron chi connectivity index (χ3n) is 4.24. The van der Waals surface area contributed by atoms with E-state index in [-0.39, 0.29) is 6.04 Å². The standard InChI is InChI=1S/C19H16N2/c20-16-11-10-13(12-6-2-1-3-7-12)17-14-8-4-5-9-15(14)19(21)18(16)17/h1-11,19H,20-21H2. The van der Waals surface area contributed by atoms with Crippen LogP contribution in [0, 0.1) is 0 Å². The lowest BCUT2D eigenvalue weighted by Gasteiger charge is -2.13. The zero-order chi connectivity index (χ0) is 14.4. The molecule has 1 aliphatic carbocycles. The molecule has 4 N–H and O–H groups in total. The van der Waals surface area contributed by atoms with Gasteiger partial charge in [0.2, 0.25) is 0 Å². The zero-order valence-electron chi connectivity index (χ0n) is 11.6. The van der Waals surface area contributed by atoms with Gasteiger partial charge in [0.05, 0.1) is 6.04 Å². The van der Waals surface area contributed by atoms with Gasteiger partial charge in [-0.15, -0.1) is 0 Å². The van der Waals surface area contributed by atoms with Gasteiger partial charge < -0.3 is 11.5 Å². The molecule has 0 fully saturated rings. The molecule has 0 radical (unpaired) electrons. The van der Waals surface area contributed by atoms with Gasteiger partial charge in [-0.3, -0.25) is 0 Å². The number of hydrogen-bond donors (Lipinski definition) is 2. The topological polar surface area (TPSA) is 52.0 Å². The van der Waals surface area contributed by atoms with Crippen LogP contribution in [0.1, 0.15) is 17.2 Å². The number of anilines is 1.